The van der Waals surface area contributed by atoms with E-state index in [1.807, 2.05) is 24.4 Å². The van der Waals surface area contributed by atoms with Gasteiger partial charge in [0.1, 0.15) is 0 Å². The zero-order valence-corrected chi connectivity index (χ0v) is 17.4. The van der Waals surface area contributed by atoms with E-state index in [1.165, 1.54) is 13.0 Å². The maximum absolute atomic E-state index is 12.5. The molecule has 0 saturated heterocycles. The van der Waals surface area contributed by atoms with Crippen LogP contribution in [0.5, 0.6) is 0 Å². The number of nitrogens with one attached hydrogen (secondary N) is 2. The lowest BCUT2D eigenvalue weighted by molar-refractivity contribution is -0.121. The van der Waals surface area contributed by atoms with Crippen LogP contribution in [0.25, 0.3) is 0 Å². The Bertz CT molecular complexity index is 971. The third-order valence-corrected chi connectivity index (χ3v) is 6.94. The third-order valence-electron chi connectivity index (χ3n) is 4.60. The topological polar surface area (TPSA) is 95.6 Å². The fraction of sp³-hybridized carbons (Fsp3) is 0.368. The Hall–Kier alpha value is -2.23. The third kappa shape index (κ3) is 4.60. The fourth-order valence-corrected chi connectivity index (χ4v) is 5.05. The number of benzene rings is 1. The zero-order valence-electron chi connectivity index (χ0n) is 15.8. The largest absolute Gasteiger partial charge is 0.351 e. The van der Waals surface area contributed by atoms with E-state index in [2.05, 4.69) is 10.0 Å². The van der Waals surface area contributed by atoms with Gasteiger partial charge in [0, 0.05) is 36.5 Å². The minimum Gasteiger partial charge on any atom is -0.351 e. The molecule has 0 unspecified atom stereocenters. The molecular formula is C19H23N3O4S2. The van der Waals surface area contributed by atoms with Crippen molar-refractivity contribution in [3.63, 3.8) is 0 Å². The second-order valence-electron chi connectivity index (χ2n) is 6.74. The van der Waals surface area contributed by atoms with E-state index >= 15 is 0 Å². The Balaban J connectivity index is 1.57. The summed E-state index contributed by atoms with van der Waals surface area (Å²) in [6, 6.07) is 8.61. The lowest BCUT2D eigenvalue weighted by Crippen LogP contribution is -2.33. The zero-order chi connectivity index (χ0) is 20.3. The minimum absolute atomic E-state index is 0.00505. The number of thiophene rings is 1. The van der Waals surface area contributed by atoms with Crippen molar-refractivity contribution in [3.8, 4) is 0 Å². The predicted molar refractivity (Wildman–Crippen MR) is 109 cm³/mol. The van der Waals surface area contributed by atoms with Crippen molar-refractivity contribution in [3.05, 3.63) is 46.2 Å². The smallest absolute Gasteiger partial charge is 0.240 e. The molecule has 0 spiro atoms. The van der Waals surface area contributed by atoms with Crippen LogP contribution < -0.4 is 14.9 Å². The van der Waals surface area contributed by atoms with Crippen molar-refractivity contribution in [1.82, 2.24) is 10.0 Å². The number of amides is 2. The van der Waals surface area contributed by atoms with E-state index in [0.29, 0.717) is 13.0 Å². The quantitative estimate of drug-likeness (QED) is 0.715. The summed E-state index contributed by atoms with van der Waals surface area (Å²) >= 11 is 1.55. The van der Waals surface area contributed by atoms with Gasteiger partial charge in [0.15, 0.2) is 0 Å². The van der Waals surface area contributed by atoms with Crippen LogP contribution in [-0.4, -0.2) is 32.8 Å². The summed E-state index contributed by atoms with van der Waals surface area (Å²) in [5.74, 6) is -0.274. The monoisotopic (exact) mass is 421 g/mol. The number of carbonyl (C=O) groups excluding carboxylic acids is 2. The van der Waals surface area contributed by atoms with Crippen LogP contribution >= 0.6 is 11.3 Å². The van der Waals surface area contributed by atoms with Crippen LogP contribution in [0.1, 0.15) is 30.7 Å². The van der Waals surface area contributed by atoms with Gasteiger partial charge in [-0.2, -0.15) is 0 Å². The van der Waals surface area contributed by atoms with Crippen LogP contribution in [0.15, 0.2) is 40.6 Å². The molecule has 9 heteroatoms. The minimum atomic E-state index is -3.72. The van der Waals surface area contributed by atoms with Crippen molar-refractivity contribution in [1.29, 1.82) is 0 Å². The first-order valence-corrected chi connectivity index (χ1v) is 11.4. The average Bonchev–Trinajstić information content (AvgIpc) is 3.25. The molecule has 1 aliphatic heterocycles. The molecule has 0 saturated carbocycles. The highest BCUT2D eigenvalue weighted by Crippen LogP contribution is 2.33. The number of hydrogen-bond acceptors (Lipinski definition) is 5. The van der Waals surface area contributed by atoms with E-state index in [0.717, 1.165) is 16.1 Å². The van der Waals surface area contributed by atoms with Gasteiger partial charge in [-0.3, -0.25) is 9.59 Å². The highest BCUT2D eigenvalue weighted by Gasteiger charge is 2.30. The summed E-state index contributed by atoms with van der Waals surface area (Å²) in [6.07, 6.45) is 0.675. The molecule has 0 aliphatic carbocycles. The first-order valence-electron chi connectivity index (χ1n) is 8.99. The van der Waals surface area contributed by atoms with Gasteiger partial charge in [-0.25, -0.2) is 13.1 Å². The molecule has 150 valence electrons. The standard InChI is InChI=1S/C19H23N3O4S2/c1-13-10-15-11-17(5-6-18(15)22(13)14(2)23)28(25,26)21-8-7-19(24)20-12-16-4-3-9-27-16/h3-6,9,11,13,21H,7-8,10,12H2,1-2H3,(H,20,24)/t13-/m1/s1. The van der Waals surface area contributed by atoms with Gasteiger partial charge in [-0.15, -0.1) is 11.3 Å². The molecule has 7 nitrogen and oxygen atoms in total. The van der Waals surface area contributed by atoms with E-state index in [9.17, 15) is 18.0 Å². The van der Waals surface area contributed by atoms with Gasteiger partial charge in [0.2, 0.25) is 21.8 Å². The van der Waals surface area contributed by atoms with Crippen LogP contribution in [0.2, 0.25) is 0 Å². The molecule has 28 heavy (non-hydrogen) atoms. The van der Waals surface area contributed by atoms with E-state index < -0.39 is 10.0 Å². The second kappa shape index (κ2) is 8.42. The van der Waals surface area contributed by atoms with Crippen molar-refractivity contribution in [2.24, 2.45) is 0 Å². The molecule has 0 radical (unpaired) electrons. The Morgan fingerprint density at radius 2 is 2.07 bits per heavy atom. The van der Waals surface area contributed by atoms with Crippen molar-refractivity contribution >= 4 is 38.9 Å². The molecule has 1 aromatic heterocycles. The molecule has 3 rings (SSSR count). The lowest BCUT2D eigenvalue weighted by atomic mass is 10.1. The Kier molecular flexibility index (Phi) is 6.17. The molecule has 2 aromatic rings. The number of carbonyl (C=O) groups is 2. The summed E-state index contributed by atoms with van der Waals surface area (Å²) < 4.78 is 27.5. The van der Waals surface area contributed by atoms with Crippen molar-refractivity contribution < 1.29 is 18.0 Å². The summed E-state index contributed by atoms with van der Waals surface area (Å²) in [7, 11) is -3.72. The molecule has 1 atom stereocenters. The Morgan fingerprint density at radius 1 is 1.29 bits per heavy atom. The second-order valence-corrected chi connectivity index (χ2v) is 9.54. The molecule has 0 fully saturated rings. The lowest BCUT2D eigenvalue weighted by Gasteiger charge is -2.20. The summed E-state index contributed by atoms with van der Waals surface area (Å²) in [5, 5.41) is 4.70. The first-order chi connectivity index (χ1) is 13.3. The summed E-state index contributed by atoms with van der Waals surface area (Å²) in [6.45, 7) is 3.90. The number of fused-ring (bicyclic) bond motifs is 1. The molecule has 0 bridgehead atoms. The van der Waals surface area contributed by atoms with Gasteiger partial charge in [0.05, 0.1) is 11.4 Å². The maximum atomic E-state index is 12.5. The molecule has 1 aromatic carbocycles. The van der Waals surface area contributed by atoms with Crippen molar-refractivity contribution in [2.45, 2.75) is 44.2 Å². The van der Waals surface area contributed by atoms with Gasteiger partial charge in [-0.05, 0) is 48.6 Å². The Labute approximate surface area is 168 Å². The number of rotatable bonds is 7. The van der Waals surface area contributed by atoms with Gasteiger partial charge < -0.3 is 10.2 Å². The molecular weight excluding hydrogens is 398 g/mol. The number of sulfonamides is 1. The molecule has 1 aliphatic rings. The van der Waals surface area contributed by atoms with E-state index in [-0.39, 0.29) is 35.7 Å². The van der Waals surface area contributed by atoms with Crippen LogP contribution in [0.3, 0.4) is 0 Å². The van der Waals surface area contributed by atoms with Gasteiger partial charge in [0.25, 0.3) is 0 Å². The number of anilines is 1. The fourth-order valence-electron chi connectivity index (χ4n) is 3.32. The van der Waals surface area contributed by atoms with Crippen LogP contribution in [0.4, 0.5) is 5.69 Å². The predicted octanol–water partition coefficient (Wildman–Crippen LogP) is 2.03. The maximum Gasteiger partial charge on any atom is 0.240 e. The normalized spacial score (nSPS) is 16.1. The van der Waals surface area contributed by atoms with E-state index in [4.69, 9.17) is 0 Å². The first kappa shape index (κ1) is 20.5. The van der Waals surface area contributed by atoms with E-state index in [1.54, 1.807) is 28.4 Å². The molecule has 2 heterocycles. The number of hydrogen-bond donors (Lipinski definition) is 2. The highest BCUT2D eigenvalue weighted by atomic mass is 32.2. The highest BCUT2D eigenvalue weighted by molar-refractivity contribution is 7.89. The summed E-state index contributed by atoms with van der Waals surface area (Å²) in [4.78, 5) is 26.5. The van der Waals surface area contributed by atoms with Gasteiger partial charge in [-0.1, -0.05) is 6.07 Å². The van der Waals surface area contributed by atoms with Crippen LogP contribution in [-0.2, 0) is 32.6 Å². The SMILES string of the molecule is CC(=O)N1c2ccc(S(=O)(=O)NCCC(=O)NCc3cccs3)cc2C[C@H]1C. The Morgan fingerprint density at radius 3 is 2.75 bits per heavy atom. The molecule has 2 amide bonds. The summed E-state index contributed by atoms with van der Waals surface area (Å²) in [5.41, 5.74) is 1.59. The van der Waals surface area contributed by atoms with Crippen molar-refractivity contribution in [2.75, 3.05) is 11.4 Å². The van der Waals surface area contributed by atoms with Gasteiger partial charge >= 0.3 is 0 Å². The molecule has 2 N–H and O–H groups in total. The number of nitrogens with zero attached hydrogens (tertiary/aromatic N) is 1. The average molecular weight is 422 g/mol. The van der Waals surface area contributed by atoms with Crippen LogP contribution in [0, 0.1) is 0 Å².